The molecule has 3 N–H and O–H groups in total. The number of carbonyl (C=O) groups excluding carboxylic acids is 1. The molecular weight excluding hydrogens is 391 g/mol. The highest BCUT2D eigenvalue weighted by Gasteiger charge is 2.10. The normalized spacial score (nSPS) is 10.3. The quantitative estimate of drug-likeness (QED) is 0.767. The molecule has 0 radical (unpaired) electrons. The first-order chi connectivity index (χ1) is 9.47. The smallest absolute Gasteiger partial charge is 0.253 e. The second kappa shape index (κ2) is 6.37. The van der Waals surface area contributed by atoms with E-state index in [2.05, 4.69) is 37.2 Å². The van der Waals surface area contributed by atoms with Gasteiger partial charge in [0, 0.05) is 21.2 Å². The highest BCUT2D eigenvalue weighted by molar-refractivity contribution is 9.10. The molecule has 0 unspecified atom stereocenters. The van der Waals surface area contributed by atoms with E-state index in [1.807, 2.05) is 0 Å². The maximum atomic E-state index is 13.1. The molecule has 0 saturated heterocycles. The summed E-state index contributed by atoms with van der Waals surface area (Å²) < 4.78 is 14.7. The summed E-state index contributed by atoms with van der Waals surface area (Å²) in [6.07, 6.45) is 0. The number of nitrogens with one attached hydrogen (secondary N) is 1. The highest BCUT2D eigenvalue weighted by atomic mass is 79.9. The first kappa shape index (κ1) is 15.0. The fourth-order valence-electron chi connectivity index (χ4n) is 1.69. The zero-order valence-electron chi connectivity index (χ0n) is 10.3. The van der Waals surface area contributed by atoms with Gasteiger partial charge in [0.25, 0.3) is 5.91 Å². The third-order valence-corrected chi connectivity index (χ3v) is 3.97. The number of nitrogen functional groups attached to an aromatic ring is 1. The van der Waals surface area contributed by atoms with Gasteiger partial charge in [-0.05, 0) is 42.0 Å². The van der Waals surface area contributed by atoms with E-state index in [9.17, 15) is 9.18 Å². The van der Waals surface area contributed by atoms with Gasteiger partial charge in [0.2, 0.25) is 0 Å². The second-order valence-corrected chi connectivity index (χ2v) is 5.92. The molecule has 1 amide bonds. The minimum Gasteiger partial charge on any atom is -0.398 e. The maximum Gasteiger partial charge on any atom is 0.253 e. The lowest BCUT2D eigenvalue weighted by atomic mass is 10.1. The lowest BCUT2D eigenvalue weighted by Crippen LogP contribution is -2.24. The van der Waals surface area contributed by atoms with Crippen LogP contribution >= 0.6 is 31.9 Å². The van der Waals surface area contributed by atoms with E-state index in [0.717, 1.165) is 8.95 Å². The van der Waals surface area contributed by atoms with Crippen LogP contribution in [0.5, 0.6) is 0 Å². The van der Waals surface area contributed by atoms with Gasteiger partial charge in [-0.1, -0.05) is 31.9 Å². The van der Waals surface area contributed by atoms with E-state index in [1.165, 1.54) is 12.1 Å². The summed E-state index contributed by atoms with van der Waals surface area (Å²) in [5.41, 5.74) is 7.22. The summed E-state index contributed by atoms with van der Waals surface area (Å²) in [5.74, 6) is -0.647. The first-order valence-corrected chi connectivity index (χ1v) is 7.33. The van der Waals surface area contributed by atoms with E-state index in [-0.39, 0.29) is 18.3 Å². The van der Waals surface area contributed by atoms with Gasteiger partial charge >= 0.3 is 0 Å². The van der Waals surface area contributed by atoms with E-state index < -0.39 is 0 Å². The van der Waals surface area contributed by atoms with Crippen molar-refractivity contribution in [2.24, 2.45) is 0 Å². The predicted molar refractivity (Wildman–Crippen MR) is 83.8 cm³/mol. The molecule has 0 fully saturated rings. The number of hydrogen-bond donors (Lipinski definition) is 2. The Morgan fingerprint density at radius 3 is 2.65 bits per heavy atom. The Morgan fingerprint density at radius 1 is 1.20 bits per heavy atom. The Hall–Kier alpha value is -1.40. The molecule has 104 valence electrons. The average molecular weight is 402 g/mol. The van der Waals surface area contributed by atoms with Gasteiger partial charge in [0.15, 0.2) is 0 Å². The molecule has 6 heteroatoms. The van der Waals surface area contributed by atoms with Gasteiger partial charge in [-0.25, -0.2) is 4.39 Å². The molecule has 3 nitrogen and oxygen atoms in total. The molecule has 0 heterocycles. The molecule has 0 aliphatic rings. The number of anilines is 1. The summed E-state index contributed by atoms with van der Waals surface area (Å²) in [7, 11) is 0. The van der Waals surface area contributed by atoms with Crippen molar-refractivity contribution in [3.8, 4) is 0 Å². The van der Waals surface area contributed by atoms with Crippen LogP contribution in [0.25, 0.3) is 0 Å². The molecule has 0 saturated carbocycles. The standard InChI is InChI=1S/C14H11Br2FN2O/c15-9-1-3-11(13(18)6-9)14(20)19-7-8-5-10(17)2-4-12(8)16/h1-6H,7,18H2,(H,19,20). The SMILES string of the molecule is Nc1cc(Br)ccc1C(=O)NCc1cc(F)ccc1Br. The van der Waals surface area contributed by atoms with E-state index in [1.54, 1.807) is 24.3 Å². The van der Waals surface area contributed by atoms with Gasteiger partial charge < -0.3 is 11.1 Å². The van der Waals surface area contributed by atoms with Gasteiger partial charge in [0.1, 0.15) is 5.82 Å². The molecular formula is C14H11Br2FN2O. The van der Waals surface area contributed by atoms with Crippen LogP contribution in [0, 0.1) is 5.82 Å². The minimum absolute atomic E-state index is 0.215. The Balaban J connectivity index is 2.10. The molecule has 0 spiro atoms. The van der Waals surface area contributed by atoms with E-state index in [4.69, 9.17) is 5.73 Å². The van der Waals surface area contributed by atoms with Crippen molar-refractivity contribution < 1.29 is 9.18 Å². The van der Waals surface area contributed by atoms with E-state index in [0.29, 0.717) is 16.8 Å². The largest absolute Gasteiger partial charge is 0.398 e. The molecule has 0 aliphatic carbocycles. The Labute approximate surface area is 132 Å². The van der Waals surface area contributed by atoms with Crippen molar-refractivity contribution in [1.82, 2.24) is 5.32 Å². The maximum absolute atomic E-state index is 13.1. The van der Waals surface area contributed by atoms with Gasteiger partial charge in [-0.15, -0.1) is 0 Å². The zero-order chi connectivity index (χ0) is 14.7. The Kier molecular flexibility index (Phi) is 4.77. The number of amides is 1. The summed E-state index contributed by atoms with van der Waals surface area (Å²) in [5, 5.41) is 2.71. The number of nitrogens with two attached hydrogens (primary N) is 1. The molecule has 2 aromatic rings. The second-order valence-electron chi connectivity index (χ2n) is 4.15. The van der Waals surface area contributed by atoms with Crippen molar-refractivity contribution in [3.05, 3.63) is 62.3 Å². The van der Waals surface area contributed by atoms with Crippen LogP contribution in [0.1, 0.15) is 15.9 Å². The average Bonchev–Trinajstić information content (AvgIpc) is 2.39. The van der Waals surface area contributed by atoms with Gasteiger partial charge in [0.05, 0.1) is 5.56 Å². The van der Waals surface area contributed by atoms with Crippen LogP contribution < -0.4 is 11.1 Å². The minimum atomic E-state index is -0.347. The molecule has 0 aliphatic heterocycles. The molecule has 20 heavy (non-hydrogen) atoms. The Morgan fingerprint density at radius 2 is 1.95 bits per heavy atom. The zero-order valence-corrected chi connectivity index (χ0v) is 13.5. The number of benzene rings is 2. The van der Waals surface area contributed by atoms with Crippen molar-refractivity contribution in [3.63, 3.8) is 0 Å². The topological polar surface area (TPSA) is 55.1 Å². The van der Waals surface area contributed by atoms with Crippen LogP contribution in [0.3, 0.4) is 0 Å². The lowest BCUT2D eigenvalue weighted by molar-refractivity contribution is 0.0951. The summed E-state index contributed by atoms with van der Waals surface area (Å²) in [4.78, 5) is 12.0. The molecule has 0 atom stereocenters. The summed E-state index contributed by atoms with van der Waals surface area (Å²) >= 11 is 6.59. The third kappa shape index (κ3) is 3.58. The number of hydrogen-bond acceptors (Lipinski definition) is 2. The van der Waals surface area contributed by atoms with Gasteiger partial charge in [-0.2, -0.15) is 0 Å². The van der Waals surface area contributed by atoms with Crippen molar-refractivity contribution in [2.45, 2.75) is 6.54 Å². The first-order valence-electron chi connectivity index (χ1n) is 5.74. The van der Waals surface area contributed by atoms with Crippen LogP contribution in [0.2, 0.25) is 0 Å². The molecule has 2 aromatic carbocycles. The monoisotopic (exact) mass is 400 g/mol. The van der Waals surface area contributed by atoms with Crippen LogP contribution in [0.15, 0.2) is 45.3 Å². The fourth-order valence-corrected chi connectivity index (χ4v) is 2.46. The number of carbonyl (C=O) groups is 1. The van der Waals surface area contributed by atoms with Crippen LogP contribution in [0.4, 0.5) is 10.1 Å². The Bertz CT molecular complexity index is 662. The van der Waals surface area contributed by atoms with Crippen LogP contribution in [-0.4, -0.2) is 5.91 Å². The molecule has 2 rings (SSSR count). The summed E-state index contributed by atoms with van der Waals surface area (Å²) in [6, 6.07) is 9.36. The van der Waals surface area contributed by atoms with Gasteiger partial charge in [-0.3, -0.25) is 4.79 Å². The summed E-state index contributed by atoms with van der Waals surface area (Å²) in [6.45, 7) is 0.215. The van der Waals surface area contributed by atoms with E-state index >= 15 is 0 Å². The van der Waals surface area contributed by atoms with Crippen LogP contribution in [-0.2, 0) is 6.54 Å². The lowest BCUT2D eigenvalue weighted by Gasteiger charge is -2.09. The van der Waals surface area contributed by atoms with Crippen molar-refractivity contribution in [1.29, 1.82) is 0 Å². The predicted octanol–water partition coefficient (Wildman–Crippen LogP) is 3.86. The number of halogens is 3. The third-order valence-electron chi connectivity index (χ3n) is 2.71. The fraction of sp³-hybridized carbons (Fsp3) is 0.0714. The molecule has 0 aromatic heterocycles. The van der Waals surface area contributed by atoms with Crippen molar-refractivity contribution in [2.75, 3.05) is 5.73 Å². The number of rotatable bonds is 3. The molecule has 0 bridgehead atoms. The highest BCUT2D eigenvalue weighted by Crippen LogP contribution is 2.20. The van der Waals surface area contributed by atoms with Crippen molar-refractivity contribution >= 4 is 43.5 Å².